The third-order valence-electron chi connectivity index (χ3n) is 4.06. The molecule has 0 saturated carbocycles. The number of nitrogens with zero attached hydrogens (tertiary/aromatic N) is 1. The van der Waals surface area contributed by atoms with Crippen LogP contribution in [0.5, 0.6) is 0 Å². The Bertz CT molecular complexity index is 1170. The molecule has 3 aromatic carbocycles. The lowest BCUT2D eigenvalue weighted by molar-refractivity contribution is 0.102. The van der Waals surface area contributed by atoms with Gasteiger partial charge in [-0.1, -0.05) is 48.0 Å². The Balaban J connectivity index is 1.86. The summed E-state index contributed by atoms with van der Waals surface area (Å²) in [5.74, 6) is -1.80. The fourth-order valence-corrected chi connectivity index (χ4v) is 2.88. The maximum atomic E-state index is 13.9. The second-order valence-corrected chi connectivity index (χ2v) is 6.45. The van der Waals surface area contributed by atoms with Crippen molar-refractivity contribution in [3.63, 3.8) is 0 Å². The van der Waals surface area contributed by atoms with Crippen LogP contribution in [0.25, 0.3) is 6.08 Å². The molecule has 3 rings (SSSR count). The van der Waals surface area contributed by atoms with Crippen LogP contribution >= 0.6 is 11.6 Å². The average Bonchev–Trinajstić information content (AvgIpc) is 2.72. The number of amides is 1. The largest absolute Gasteiger partial charge is 0.322 e. The van der Waals surface area contributed by atoms with Crippen LogP contribution in [0.3, 0.4) is 0 Å². The number of ketones is 1. The first-order chi connectivity index (χ1) is 14.0. The standard InChI is InChI=1S/C23H14ClFN2O2/c24-20-10-3-1-8-18(20)23(29)27-17-7-5-6-15(13-17)12-16(14-26)22(28)19-9-2-4-11-21(19)25/h1-13H,(H,27,29)/b16-12+. The van der Waals surface area contributed by atoms with Gasteiger partial charge >= 0.3 is 0 Å². The molecule has 3 aromatic rings. The SMILES string of the molecule is N#C/C(=C\c1cccc(NC(=O)c2ccccc2Cl)c1)C(=O)c1ccccc1F. The van der Waals surface area contributed by atoms with Crippen molar-refractivity contribution in [3.05, 3.63) is 106 Å². The molecule has 0 aliphatic carbocycles. The number of nitriles is 1. The second-order valence-electron chi connectivity index (χ2n) is 6.04. The van der Waals surface area contributed by atoms with Gasteiger partial charge in [-0.05, 0) is 48.0 Å². The quantitative estimate of drug-likeness (QED) is 0.345. The minimum atomic E-state index is -0.712. The summed E-state index contributed by atoms with van der Waals surface area (Å²) in [4.78, 5) is 24.9. The number of halogens is 2. The zero-order valence-corrected chi connectivity index (χ0v) is 15.8. The highest BCUT2D eigenvalue weighted by Crippen LogP contribution is 2.20. The lowest BCUT2D eigenvalue weighted by Crippen LogP contribution is -2.12. The molecule has 0 aromatic heterocycles. The number of benzene rings is 3. The van der Waals surface area contributed by atoms with Crippen LogP contribution in [0.1, 0.15) is 26.3 Å². The first-order valence-electron chi connectivity index (χ1n) is 8.56. The van der Waals surface area contributed by atoms with E-state index in [1.165, 1.54) is 24.3 Å². The summed E-state index contributed by atoms with van der Waals surface area (Å²) in [6, 6.07) is 20.5. The van der Waals surface area contributed by atoms with E-state index in [2.05, 4.69) is 5.32 Å². The van der Waals surface area contributed by atoms with E-state index < -0.39 is 11.6 Å². The van der Waals surface area contributed by atoms with Crippen molar-refractivity contribution in [2.75, 3.05) is 5.32 Å². The van der Waals surface area contributed by atoms with Crippen LogP contribution in [-0.4, -0.2) is 11.7 Å². The van der Waals surface area contributed by atoms with Crippen LogP contribution in [0.4, 0.5) is 10.1 Å². The van der Waals surface area contributed by atoms with E-state index in [-0.39, 0.29) is 17.0 Å². The molecule has 0 aliphatic heterocycles. The van der Waals surface area contributed by atoms with E-state index in [4.69, 9.17) is 11.6 Å². The lowest BCUT2D eigenvalue weighted by Gasteiger charge is -2.08. The van der Waals surface area contributed by atoms with Crippen LogP contribution < -0.4 is 5.32 Å². The first-order valence-corrected chi connectivity index (χ1v) is 8.94. The molecule has 1 N–H and O–H groups in total. The number of carbonyl (C=O) groups excluding carboxylic acids is 2. The average molecular weight is 405 g/mol. The van der Waals surface area contributed by atoms with Gasteiger partial charge < -0.3 is 5.32 Å². The molecule has 0 heterocycles. The predicted molar refractivity (Wildman–Crippen MR) is 110 cm³/mol. The van der Waals surface area contributed by atoms with E-state index in [1.54, 1.807) is 48.5 Å². The summed E-state index contributed by atoms with van der Waals surface area (Å²) < 4.78 is 13.9. The van der Waals surface area contributed by atoms with Gasteiger partial charge in [0.15, 0.2) is 0 Å². The molecular formula is C23H14ClFN2O2. The molecule has 0 fully saturated rings. The Kier molecular flexibility index (Phi) is 6.18. The highest BCUT2D eigenvalue weighted by atomic mass is 35.5. The minimum absolute atomic E-state index is 0.177. The second kappa shape index (κ2) is 8.96. The van der Waals surface area contributed by atoms with Gasteiger partial charge in [0.05, 0.1) is 16.1 Å². The molecule has 0 saturated heterocycles. The summed E-state index contributed by atoms with van der Waals surface area (Å²) in [5.41, 5.74) is 0.887. The number of allylic oxidation sites excluding steroid dienone is 1. The van der Waals surface area contributed by atoms with Crippen molar-refractivity contribution < 1.29 is 14.0 Å². The monoisotopic (exact) mass is 404 g/mol. The van der Waals surface area contributed by atoms with Gasteiger partial charge in [-0.3, -0.25) is 9.59 Å². The molecule has 0 spiro atoms. The number of carbonyl (C=O) groups is 2. The maximum absolute atomic E-state index is 13.9. The number of rotatable bonds is 5. The van der Waals surface area contributed by atoms with Crippen molar-refractivity contribution in [2.24, 2.45) is 0 Å². The number of anilines is 1. The molecule has 0 unspecified atom stereocenters. The van der Waals surface area contributed by atoms with E-state index in [0.29, 0.717) is 21.8 Å². The van der Waals surface area contributed by atoms with Crippen molar-refractivity contribution >= 4 is 35.1 Å². The number of nitrogens with one attached hydrogen (secondary N) is 1. The highest BCUT2D eigenvalue weighted by Gasteiger charge is 2.16. The molecular weight excluding hydrogens is 391 g/mol. The summed E-state index contributed by atoms with van der Waals surface area (Å²) in [5, 5.41) is 12.4. The Morgan fingerprint density at radius 1 is 0.966 bits per heavy atom. The minimum Gasteiger partial charge on any atom is -0.322 e. The van der Waals surface area contributed by atoms with Crippen molar-refractivity contribution in [3.8, 4) is 6.07 Å². The molecule has 6 heteroatoms. The van der Waals surface area contributed by atoms with E-state index in [0.717, 1.165) is 6.07 Å². The number of hydrogen-bond donors (Lipinski definition) is 1. The van der Waals surface area contributed by atoms with Crippen molar-refractivity contribution in [2.45, 2.75) is 0 Å². The van der Waals surface area contributed by atoms with Gasteiger partial charge in [0.25, 0.3) is 5.91 Å². The van der Waals surface area contributed by atoms with E-state index in [9.17, 15) is 19.2 Å². The lowest BCUT2D eigenvalue weighted by atomic mass is 10.0. The molecule has 1 amide bonds. The third kappa shape index (κ3) is 4.75. The smallest absolute Gasteiger partial charge is 0.257 e. The van der Waals surface area contributed by atoms with Gasteiger partial charge in [0, 0.05) is 5.69 Å². The molecule has 0 radical (unpaired) electrons. The third-order valence-corrected chi connectivity index (χ3v) is 4.39. The number of hydrogen-bond acceptors (Lipinski definition) is 3. The highest BCUT2D eigenvalue weighted by molar-refractivity contribution is 6.34. The van der Waals surface area contributed by atoms with E-state index in [1.807, 2.05) is 6.07 Å². The molecule has 29 heavy (non-hydrogen) atoms. The molecule has 142 valence electrons. The summed E-state index contributed by atoms with van der Waals surface area (Å²) in [7, 11) is 0. The fraction of sp³-hybridized carbons (Fsp3) is 0. The van der Waals surface area contributed by atoms with Crippen LogP contribution in [0.15, 0.2) is 78.4 Å². The van der Waals surface area contributed by atoms with Gasteiger partial charge in [-0.2, -0.15) is 5.26 Å². The van der Waals surface area contributed by atoms with Gasteiger partial charge in [0.2, 0.25) is 5.78 Å². The van der Waals surface area contributed by atoms with Crippen LogP contribution in [0, 0.1) is 17.1 Å². The Morgan fingerprint density at radius 3 is 2.34 bits per heavy atom. The maximum Gasteiger partial charge on any atom is 0.257 e. The summed E-state index contributed by atoms with van der Waals surface area (Å²) in [6.07, 6.45) is 1.35. The topological polar surface area (TPSA) is 70.0 Å². The van der Waals surface area contributed by atoms with Crippen molar-refractivity contribution in [1.29, 1.82) is 5.26 Å². The summed E-state index contributed by atoms with van der Waals surface area (Å²) in [6.45, 7) is 0. The fourth-order valence-electron chi connectivity index (χ4n) is 2.66. The van der Waals surface area contributed by atoms with Crippen LogP contribution in [-0.2, 0) is 0 Å². The zero-order valence-electron chi connectivity index (χ0n) is 15.0. The van der Waals surface area contributed by atoms with Crippen LogP contribution in [0.2, 0.25) is 5.02 Å². The summed E-state index contributed by atoms with van der Waals surface area (Å²) >= 11 is 6.04. The van der Waals surface area contributed by atoms with E-state index >= 15 is 0 Å². The normalized spacial score (nSPS) is 10.9. The van der Waals surface area contributed by atoms with Gasteiger partial charge in [0.1, 0.15) is 17.5 Å². The zero-order chi connectivity index (χ0) is 20.8. The molecule has 0 atom stereocenters. The predicted octanol–water partition coefficient (Wildman–Crippen LogP) is 5.52. The van der Waals surface area contributed by atoms with Gasteiger partial charge in [-0.15, -0.1) is 0 Å². The first kappa shape index (κ1) is 20.0. The Hall–Kier alpha value is -3.75. The Labute approximate surface area is 171 Å². The molecule has 0 bridgehead atoms. The van der Waals surface area contributed by atoms with Gasteiger partial charge in [-0.25, -0.2) is 4.39 Å². The van der Waals surface area contributed by atoms with Crippen molar-refractivity contribution in [1.82, 2.24) is 0 Å². The molecule has 4 nitrogen and oxygen atoms in total. The Morgan fingerprint density at radius 2 is 1.66 bits per heavy atom. The number of Topliss-reactive ketones (excluding diaryl/α,β-unsaturated/α-hetero) is 1. The molecule has 0 aliphatic rings.